The van der Waals surface area contributed by atoms with E-state index >= 15 is 0 Å². The van der Waals surface area contributed by atoms with E-state index in [9.17, 15) is 14.7 Å². The first-order valence-corrected chi connectivity index (χ1v) is 7.05. The molecular formula is C15H20N2O4. The number of aliphatic carboxylic acids is 1. The highest BCUT2D eigenvalue weighted by Crippen LogP contribution is 2.28. The van der Waals surface area contributed by atoms with Crippen LogP contribution in [0.1, 0.15) is 20.3 Å². The van der Waals surface area contributed by atoms with Crippen LogP contribution < -0.4 is 15.4 Å². The minimum absolute atomic E-state index is 0.143. The van der Waals surface area contributed by atoms with E-state index in [4.69, 9.17) is 4.74 Å². The molecule has 1 heterocycles. The summed E-state index contributed by atoms with van der Waals surface area (Å²) in [7, 11) is 0. The van der Waals surface area contributed by atoms with Crippen LogP contribution in [-0.2, 0) is 9.59 Å². The molecule has 1 aliphatic rings. The first-order valence-electron chi connectivity index (χ1n) is 7.05. The van der Waals surface area contributed by atoms with Gasteiger partial charge in [-0.05, 0) is 18.1 Å². The Kier molecular flexibility index (Phi) is 4.67. The number of para-hydroxylation sites is 2. The van der Waals surface area contributed by atoms with Gasteiger partial charge >= 0.3 is 5.97 Å². The van der Waals surface area contributed by atoms with Crippen molar-refractivity contribution in [1.29, 1.82) is 0 Å². The third-order valence-electron chi connectivity index (χ3n) is 3.70. The predicted octanol–water partition coefficient (Wildman–Crippen LogP) is 1.47. The van der Waals surface area contributed by atoms with E-state index in [0.717, 1.165) is 5.69 Å². The summed E-state index contributed by atoms with van der Waals surface area (Å²) in [5.74, 6) is -0.985. The second-order valence-corrected chi connectivity index (χ2v) is 5.19. The number of nitrogens with one attached hydrogen (secondary N) is 2. The molecule has 0 bridgehead atoms. The maximum absolute atomic E-state index is 12.2. The van der Waals surface area contributed by atoms with Crippen molar-refractivity contribution in [3.05, 3.63) is 24.3 Å². The minimum atomic E-state index is -1.03. The maximum Gasteiger partial charge on any atom is 0.326 e. The second kappa shape index (κ2) is 6.47. The lowest BCUT2D eigenvalue weighted by molar-refractivity contribution is -0.144. The van der Waals surface area contributed by atoms with Gasteiger partial charge in [0.2, 0.25) is 0 Å². The zero-order chi connectivity index (χ0) is 15.4. The molecule has 114 valence electrons. The largest absolute Gasteiger partial charge is 0.480 e. The fourth-order valence-corrected chi connectivity index (χ4v) is 2.19. The highest BCUT2D eigenvalue weighted by molar-refractivity contribution is 5.87. The highest BCUT2D eigenvalue weighted by Gasteiger charge is 2.31. The first-order chi connectivity index (χ1) is 10.0. The molecule has 0 radical (unpaired) electrons. The summed E-state index contributed by atoms with van der Waals surface area (Å²) in [4.78, 5) is 23.4. The van der Waals surface area contributed by atoms with Crippen LogP contribution >= 0.6 is 0 Å². The van der Waals surface area contributed by atoms with Crippen molar-refractivity contribution in [3.8, 4) is 5.75 Å². The SMILES string of the molecule is CCC(C)[C@H](NC(=O)C1CNc2ccccc2O1)C(=O)O. The summed E-state index contributed by atoms with van der Waals surface area (Å²) in [5.41, 5.74) is 0.832. The van der Waals surface area contributed by atoms with Gasteiger partial charge in [-0.1, -0.05) is 32.4 Å². The Morgan fingerprint density at radius 3 is 2.86 bits per heavy atom. The Morgan fingerprint density at radius 1 is 1.48 bits per heavy atom. The molecular weight excluding hydrogens is 272 g/mol. The summed E-state index contributed by atoms with van der Waals surface area (Å²) in [6.45, 7) is 4.01. The van der Waals surface area contributed by atoms with Gasteiger partial charge in [-0.3, -0.25) is 4.79 Å². The van der Waals surface area contributed by atoms with Gasteiger partial charge in [0.1, 0.15) is 11.8 Å². The van der Waals surface area contributed by atoms with Crippen molar-refractivity contribution < 1.29 is 19.4 Å². The topological polar surface area (TPSA) is 87.7 Å². The van der Waals surface area contributed by atoms with Crippen LogP contribution in [0, 0.1) is 5.92 Å². The molecule has 1 aliphatic heterocycles. The van der Waals surface area contributed by atoms with Crippen LogP contribution in [-0.4, -0.2) is 35.7 Å². The van der Waals surface area contributed by atoms with Crippen LogP contribution in [0.25, 0.3) is 0 Å². The van der Waals surface area contributed by atoms with E-state index in [1.54, 1.807) is 13.0 Å². The van der Waals surface area contributed by atoms with E-state index in [1.807, 2.05) is 25.1 Å². The van der Waals surface area contributed by atoms with Crippen LogP contribution in [0.15, 0.2) is 24.3 Å². The first kappa shape index (κ1) is 15.2. The number of carboxylic acid groups (broad SMARTS) is 1. The number of fused-ring (bicyclic) bond motifs is 1. The highest BCUT2D eigenvalue weighted by atomic mass is 16.5. The summed E-state index contributed by atoms with van der Waals surface area (Å²) in [6.07, 6.45) is -0.0602. The van der Waals surface area contributed by atoms with Crippen LogP contribution in [0.2, 0.25) is 0 Å². The van der Waals surface area contributed by atoms with Crippen molar-refractivity contribution in [2.75, 3.05) is 11.9 Å². The van der Waals surface area contributed by atoms with Gasteiger partial charge in [0.25, 0.3) is 5.91 Å². The quantitative estimate of drug-likeness (QED) is 0.765. The molecule has 0 aromatic heterocycles. The summed E-state index contributed by atoms with van der Waals surface area (Å²) < 4.78 is 5.62. The van der Waals surface area contributed by atoms with Crippen molar-refractivity contribution in [2.24, 2.45) is 5.92 Å². The Bertz CT molecular complexity index is 532. The monoisotopic (exact) mass is 292 g/mol. The number of carbonyl (C=O) groups excluding carboxylic acids is 1. The average Bonchev–Trinajstić information content (AvgIpc) is 2.50. The number of amides is 1. The molecule has 6 nitrogen and oxygen atoms in total. The smallest absolute Gasteiger partial charge is 0.326 e. The van der Waals surface area contributed by atoms with Gasteiger partial charge in [0.15, 0.2) is 6.10 Å². The molecule has 2 rings (SSSR count). The number of hydrogen-bond donors (Lipinski definition) is 3. The number of carboxylic acids is 1. The molecule has 6 heteroatoms. The standard InChI is InChI=1S/C15H20N2O4/c1-3-9(2)13(15(19)20)17-14(18)12-8-16-10-6-4-5-7-11(10)21-12/h4-7,9,12-13,16H,3,8H2,1-2H3,(H,17,18)(H,19,20)/t9?,12?,13-/m0/s1. The van der Waals surface area contributed by atoms with Crippen molar-refractivity contribution in [1.82, 2.24) is 5.32 Å². The van der Waals surface area contributed by atoms with E-state index in [-0.39, 0.29) is 5.92 Å². The molecule has 1 amide bonds. The maximum atomic E-state index is 12.2. The molecule has 2 unspecified atom stereocenters. The molecule has 0 fully saturated rings. The fourth-order valence-electron chi connectivity index (χ4n) is 2.19. The number of carbonyl (C=O) groups is 2. The lowest BCUT2D eigenvalue weighted by Gasteiger charge is -2.28. The van der Waals surface area contributed by atoms with E-state index in [0.29, 0.717) is 18.7 Å². The normalized spacial score (nSPS) is 19.4. The zero-order valence-corrected chi connectivity index (χ0v) is 12.1. The van der Waals surface area contributed by atoms with Gasteiger partial charge < -0.3 is 20.5 Å². The van der Waals surface area contributed by atoms with Crippen molar-refractivity contribution >= 4 is 17.6 Å². The molecule has 0 saturated heterocycles. The van der Waals surface area contributed by atoms with Gasteiger partial charge in [-0.25, -0.2) is 4.79 Å². The van der Waals surface area contributed by atoms with E-state index < -0.39 is 24.0 Å². The average molecular weight is 292 g/mol. The van der Waals surface area contributed by atoms with Gasteiger partial charge in [0.05, 0.1) is 12.2 Å². The van der Waals surface area contributed by atoms with Gasteiger partial charge in [-0.2, -0.15) is 0 Å². The summed E-state index contributed by atoms with van der Waals surface area (Å²) in [6, 6.07) is 6.43. The summed E-state index contributed by atoms with van der Waals surface area (Å²) >= 11 is 0. The molecule has 1 aromatic carbocycles. The third-order valence-corrected chi connectivity index (χ3v) is 3.70. The predicted molar refractivity (Wildman–Crippen MR) is 78.4 cm³/mol. The van der Waals surface area contributed by atoms with E-state index in [1.165, 1.54) is 0 Å². The minimum Gasteiger partial charge on any atom is -0.480 e. The van der Waals surface area contributed by atoms with E-state index in [2.05, 4.69) is 10.6 Å². The number of ether oxygens (including phenoxy) is 1. The number of anilines is 1. The number of rotatable bonds is 5. The molecule has 0 aliphatic carbocycles. The zero-order valence-electron chi connectivity index (χ0n) is 12.1. The Balaban J connectivity index is 2.03. The number of benzene rings is 1. The van der Waals surface area contributed by atoms with Gasteiger partial charge in [0, 0.05) is 0 Å². The second-order valence-electron chi connectivity index (χ2n) is 5.19. The lowest BCUT2D eigenvalue weighted by Crippen LogP contribution is -2.52. The molecule has 0 saturated carbocycles. The molecule has 3 N–H and O–H groups in total. The van der Waals surface area contributed by atoms with Crippen LogP contribution in [0.4, 0.5) is 5.69 Å². The third kappa shape index (κ3) is 3.45. The molecule has 3 atom stereocenters. The summed E-state index contributed by atoms with van der Waals surface area (Å²) in [5, 5.41) is 14.9. The fraction of sp³-hybridized carbons (Fsp3) is 0.467. The Labute approximate surface area is 123 Å². The lowest BCUT2D eigenvalue weighted by atomic mass is 9.99. The number of hydrogen-bond acceptors (Lipinski definition) is 4. The van der Waals surface area contributed by atoms with Crippen molar-refractivity contribution in [2.45, 2.75) is 32.4 Å². The van der Waals surface area contributed by atoms with Crippen LogP contribution in [0.5, 0.6) is 5.75 Å². The Hall–Kier alpha value is -2.24. The van der Waals surface area contributed by atoms with Crippen molar-refractivity contribution in [3.63, 3.8) is 0 Å². The molecule has 1 aromatic rings. The Morgan fingerprint density at radius 2 is 2.19 bits per heavy atom. The van der Waals surface area contributed by atoms with Crippen LogP contribution in [0.3, 0.4) is 0 Å². The molecule has 0 spiro atoms. The molecule has 21 heavy (non-hydrogen) atoms. The van der Waals surface area contributed by atoms with Gasteiger partial charge in [-0.15, -0.1) is 0 Å².